The van der Waals surface area contributed by atoms with Crippen LogP contribution < -0.4 is 4.74 Å². The van der Waals surface area contributed by atoms with Gasteiger partial charge in [-0.1, -0.05) is 78.9 Å². The van der Waals surface area contributed by atoms with Crippen molar-refractivity contribution in [1.29, 1.82) is 0 Å². The largest absolute Gasteiger partial charge is 0.497 e. The van der Waals surface area contributed by atoms with Crippen molar-refractivity contribution in [2.24, 2.45) is 0 Å². The summed E-state index contributed by atoms with van der Waals surface area (Å²) < 4.78 is 5.34. The lowest BCUT2D eigenvalue weighted by atomic mass is 10.0. The first kappa shape index (κ1) is 21.9. The van der Waals surface area contributed by atoms with Crippen LogP contribution in [0.3, 0.4) is 0 Å². The van der Waals surface area contributed by atoms with Gasteiger partial charge < -0.3 is 4.74 Å². The highest BCUT2D eigenvalue weighted by Gasteiger charge is 2.11. The average Bonchev–Trinajstić information content (AvgIpc) is 2.90. The monoisotopic (exact) mass is 444 g/mol. The molecule has 3 heteroatoms. The lowest BCUT2D eigenvalue weighted by molar-refractivity contribution is 0.248. The van der Waals surface area contributed by atoms with Gasteiger partial charge in [-0.2, -0.15) is 0 Å². The number of aromatic nitrogens is 1. The van der Waals surface area contributed by atoms with Gasteiger partial charge in [0.15, 0.2) is 0 Å². The Morgan fingerprint density at radius 1 is 0.618 bits per heavy atom. The SMILES string of the molecule is COc1ccc(CN(Cc2ccc(-c3ccncc3)cc2)Cc2cccc3ccccc23)cc1. The van der Waals surface area contributed by atoms with Gasteiger partial charge in [0.1, 0.15) is 5.75 Å². The van der Waals surface area contributed by atoms with E-state index in [2.05, 4.69) is 88.7 Å². The van der Waals surface area contributed by atoms with Crippen molar-refractivity contribution >= 4 is 10.8 Å². The van der Waals surface area contributed by atoms with E-state index in [9.17, 15) is 0 Å². The molecule has 5 aromatic rings. The molecule has 5 rings (SSSR count). The zero-order valence-corrected chi connectivity index (χ0v) is 19.4. The molecule has 1 heterocycles. The maximum Gasteiger partial charge on any atom is 0.118 e. The molecule has 0 aliphatic heterocycles. The van der Waals surface area contributed by atoms with Gasteiger partial charge >= 0.3 is 0 Å². The van der Waals surface area contributed by atoms with E-state index in [4.69, 9.17) is 4.74 Å². The topological polar surface area (TPSA) is 25.4 Å². The van der Waals surface area contributed by atoms with Crippen LogP contribution in [0.5, 0.6) is 5.75 Å². The van der Waals surface area contributed by atoms with Crippen LogP contribution in [0.25, 0.3) is 21.9 Å². The minimum atomic E-state index is 0.860. The van der Waals surface area contributed by atoms with E-state index in [-0.39, 0.29) is 0 Å². The van der Waals surface area contributed by atoms with E-state index in [1.54, 1.807) is 7.11 Å². The molecular weight excluding hydrogens is 416 g/mol. The minimum absolute atomic E-state index is 0.860. The molecule has 0 aliphatic rings. The summed E-state index contributed by atoms with van der Waals surface area (Å²) in [6, 6.07) is 36.6. The molecule has 0 spiro atoms. The fourth-order valence-corrected chi connectivity index (χ4v) is 4.43. The Balaban J connectivity index is 1.41. The number of fused-ring (bicyclic) bond motifs is 1. The first-order valence-electron chi connectivity index (χ1n) is 11.6. The molecule has 0 radical (unpaired) electrons. The van der Waals surface area contributed by atoms with Crippen LogP contribution in [0.15, 0.2) is 116 Å². The third kappa shape index (κ3) is 5.16. The van der Waals surface area contributed by atoms with Gasteiger partial charge in [0.25, 0.3) is 0 Å². The molecule has 34 heavy (non-hydrogen) atoms. The van der Waals surface area contributed by atoms with Gasteiger partial charge in [-0.15, -0.1) is 0 Å². The van der Waals surface area contributed by atoms with E-state index in [1.165, 1.54) is 38.6 Å². The molecule has 0 saturated carbocycles. The molecule has 168 valence electrons. The quantitative estimate of drug-likeness (QED) is 0.255. The van der Waals surface area contributed by atoms with Crippen LogP contribution in [0, 0.1) is 0 Å². The maximum absolute atomic E-state index is 5.34. The Labute approximate surface area is 201 Å². The Bertz CT molecular complexity index is 1340. The number of pyridine rings is 1. The van der Waals surface area contributed by atoms with Gasteiger partial charge in [-0.3, -0.25) is 9.88 Å². The lowest BCUT2D eigenvalue weighted by Gasteiger charge is -2.24. The number of hydrogen-bond donors (Lipinski definition) is 0. The summed E-state index contributed by atoms with van der Waals surface area (Å²) in [6.07, 6.45) is 3.67. The minimum Gasteiger partial charge on any atom is -0.497 e. The second-order valence-corrected chi connectivity index (χ2v) is 8.56. The van der Waals surface area contributed by atoms with Crippen molar-refractivity contribution in [3.05, 3.63) is 132 Å². The maximum atomic E-state index is 5.34. The predicted molar refractivity (Wildman–Crippen MR) is 140 cm³/mol. The Hall–Kier alpha value is -3.95. The number of methoxy groups -OCH3 is 1. The van der Waals surface area contributed by atoms with Crippen LogP contribution in [0.1, 0.15) is 16.7 Å². The molecule has 3 nitrogen and oxygen atoms in total. The van der Waals surface area contributed by atoms with Crippen molar-refractivity contribution in [3.8, 4) is 16.9 Å². The highest BCUT2D eigenvalue weighted by Crippen LogP contribution is 2.24. The summed E-state index contributed by atoms with van der Waals surface area (Å²) in [6.45, 7) is 2.60. The smallest absolute Gasteiger partial charge is 0.118 e. The predicted octanol–water partition coefficient (Wildman–Crippen LogP) is 7.11. The zero-order valence-electron chi connectivity index (χ0n) is 19.4. The fraction of sp³-hybridized carbons (Fsp3) is 0.129. The third-order valence-corrected chi connectivity index (χ3v) is 6.21. The fourth-order valence-electron chi connectivity index (χ4n) is 4.43. The van der Waals surface area contributed by atoms with Gasteiger partial charge in [0.2, 0.25) is 0 Å². The normalized spacial score (nSPS) is 11.1. The Morgan fingerprint density at radius 3 is 1.94 bits per heavy atom. The van der Waals surface area contributed by atoms with Crippen LogP contribution in [-0.2, 0) is 19.6 Å². The highest BCUT2D eigenvalue weighted by molar-refractivity contribution is 5.85. The lowest BCUT2D eigenvalue weighted by Crippen LogP contribution is -2.22. The van der Waals surface area contributed by atoms with E-state index < -0.39 is 0 Å². The molecule has 4 aromatic carbocycles. The number of hydrogen-bond acceptors (Lipinski definition) is 3. The van der Waals surface area contributed by atoms with Gasteiger partial charge in [0.05, 0.1) is 7.11 Å². The molecule has 0 amide bonds. The molecule has 0 bridgehead atoms. The van der Waals surface area contributed by atoms with Gasteiger partial charge in [-0.25, -0.2) is 0 Å². The van der Waals surface area contributed by atoms with E-state index in [0.717, 1.165) is 25.4 Å². The van der Waals surface area contributed by atoms with E-state index in [1.807, 2.05) is 36.7 Å². The summed E-state index contributed by atoms with van der Waals surface area (Å²) in [7, 11) is 1.71. The van der Waals surface area contributed by atoms with Crippen molar-refractivity contribution in [1.82, 2.24) is 9.88 Å². The standard InChI is InChI=1S/C31H28N2O/c1-34-30-15-11-25(12-16-30)22-33(23-29-7-4-6-28-5-2-3-8-31(28)29)21-24-9-13-26(14-10-24)27-17-19-32-20-18-27/h2-20H,21-23H2,1H3. The van der Waals surface area contributed by atoms with Gasteiger partial charge in [-0.05, 0) is 62.9 Å². The summed E-state index contributed by atoms with van der Waals surface area (Å²) in [5, 5.41) is 2.60. The summed E-state index contributed by atoms with van der Waals surface area (Å²) in [4.78, 5) is 6.63. The number of benzene rings is 4. The first-order chi connectivity index (χ1) is 16.8. The third-order valence-electron chi connectivity index (χ3n) is 6.21. The molecule has 0 aliphatic carbocycles. The van der Waals surface area contributed by atoms with E-state index in [0.29, 0.717) is 0 Å². The van der Waals surface area contributed by atoms with Crippen molar-refractivity contribution in [2.75, 3.05) is 7.11 Å². The molecular formula is C31H28N2O. The Morgan fingerprint density at radius 2 is 1.24 bits per heavy atom. The molecule has 1 aromatic heterocycles. The van der Waals surface area contributed by atoms with Crippen molar-refractivity contribution < 1.29 is 4.74 Å². The Kier molecular flexibility index (Phi) is 6.64. The second kappa shape index (κ2) is 10.3. The highest BCUT2D eigenvalue weighted by atomic mass is 16.5. The molecule has 0 fully saturated rings. The summed E-state index contributed by atoms with van der Waals surface area (Å²) in [5.74, 6) is 0.885. The molecule has 0 N–H and O–H groups in total. The molecule has 0 atom stereocenters. The molecule has 0 unspecified atom stereocenters. The van der Waals surface area contributed by atoms with Crippen molar-refractivity contribution in [2.45, 2.75) is 19.6 Å². The van der Waals surface area contributed by atoms with Crippen LogP contribution in [-0.4, -0.2) is 17.0 Å². The summed E-state index contributed by atoms with van der Waals surface area (Å²) >= 11 is 0. The number of rotatable bonds is 8. The van der Waals surface area contributed by atoms with Gasteiger partial charge in [0, 0.05) is 32.0 Å². The number of ether oxygens (including phenoxy) is 1. The zero-order chi connectivity index (χ0) is 23.2. The van der Waals surface area contributed by atoms with Crippen LogP contribution in [0.2, 0.25) is 0 Å². The van der Waals surface area contributed by atoms with Crippen LogP contribution >= 0.6 is 0 Å². The second-order valence-electron chi connectivity index (χ2n) is 8.56. The molecule has 0 saturated heterocycles. The average molecular weight is 445 g/mol. The van der Waals surface area contributed by atoms with E-state index >= 15 is 0 Å². The van der Waals surface area contributed by atoms with Crippen molar-refractivity contribution in [3.63, 3.8) is 0 Å². The van der Waals surface area contributed by atoms with Crippen LogP contribution in [0.4, 0.5) is 0 Å². The first-order valence-corrected chi connectivity index (χ1v) is 11.6. The number of nitrogens with zero attached hydrogens (tertiary/aromatic N) is 2. The summed E-state index contributed by atoms with van der Waals surface area (Å²) in [5.41, 5.74) is 6.32.